The van der Waals surface area contributed by atoms with E-state index in [1.54, 1.807) is 6.07 Å². The maximum atomic E-state index is 9.03. The minimum atomic E-state index is 0.498. The predicted molar refractivity (Wildman–Crippen MR) is 81.2 cm³/mol. The van der Waals surface area contributed by atoms with Crippen molar-refractivity contribution in [2.45, 2.75) is 25.3 Å². The van der Waals surface area contributed by atoms with Crippen LogP contribution in [0.15, 0.2) is 18.2 Å². The van der Waals surface area contributed by atoms with Gasteiger partial charge in [-0.05, 0) is 31.4 Å². The molecule has 3 rings (SSSR count). The van der Waals surface area contributed by atoms with Crippen LogP contribution in [0.3, 0.4) is 0 Å². The van der Waals surface area contributed by atoms with Crippen molar-refractivity contribution in [2.24, 2.45) is 0 Å². The minimum absolute atomic E-state index is 0.498. The molecule has 1 atom stereocenters. The van der Waals surface area contributed by atoms with Gasteiger partial charge in [-0.2, -0.15) is 5.26 Å². The average molecular weight is 286 g/mol. The van der Waals surface area contributed by atoms with Gasteiger partial charge in [-0.15, -0.1) is 0 Å². The molecule has 2 saturated heterocycles. The lowest BCUT2D eigenvalue weighted by molar-refractivity contribution is 0.0338. The van der Waals surface area contributed by atoms with E-state index in [1.807, 2.05) is 12.1 Å². The van der Waals surface area contributed by atoms with E-state index >= 15 is 0 Å². The Morgan fingerprint density at radius 2 is 2.10 bits per heavy atom. The molecular formula is C16H22N4O. The highest BCUT2D eigenvalue weighted by atomic mass is 16.5. The van der Waals surface area contributed by atoms with Gasteiger partial charge in [-0.25, -0.2) is 4.98 Å². The number of aromatic nitrogens is 1. The van der Waals surface area contributed by atoms with Gasteiger partial charge in [0, 0.05) is 32.2 Å². The van der Waals surface area contributed by atoms with Crippen molar-refractivity contribution in [1.82, 2.24) is 9.88 Å². The van der Waals surface area contributed by atoms with Crippen molar-refractivity contribution in [2.75, 3.05) is 44.3 Å². The van der Waals surface area contributed by atoms with Crippen LogP contribution in [-0.4, -0.2) is 55.3 Å². The molecule has 0 aliphatic carbocycles. The van der Waals surface area contributed by atoms with Gasteiger partial charge in [0.25, 0.3) is 0 Å². The zero-order valence-electron chi connectivity index (χ0n) is 12.4. The SMILES string of the molecule is N#Cc1cccc(N2CCCCC2CN2CCOCC2)n1. The standard InChI is InChI=1S/C16H22N4O/c17-12-14-4-3-6-16(18-14)20-7-2-1-5-15(20)13-19-8-10-21-11-9-19/h3-4,6,15H,1-2,5,7-11,13H2. The van der Waals surface area contributed by atoms with Gasteiger partial charge in [-0.1, -0.05) is 6.07 Å². The van der Waals surface area contributed by atoms with E-state index in [0.717, 1.165) is 45.2 Å². The Morgan fingerprint density at radius 1 is 1.24 bits per heavy atom. The van der Waals surface area contributed by atoms with E-state index in [0.29, 0.717) is 11.7 Å². The lowest BCUT2D eigenvalue weighted by Gasteiger charge is -2.40. The Hall–Kier alpha value is -1.64. The zero-order valence-corrected chi connectivity index (χ0v) is 12.4. The largest absolute Gasteiger partial charge is 0.379 e. The van der Waals surface area contributed by atoms with Crippen molar-refractivity contribution in [3.8, 4) is 6.07 Å². The van der Waals surface area contributed by atoms with E-state index in [4.69, 9.17) is 10.00 Å². The van der Waals surface area contributed by atoms with Crippen molar-refractivity contribution >= 4 is 5.82 Å². The van der Waals surface area contributed by atoms with Gasteiger partial charge < -0.3 is 9.64 Å². The molecule has 2 fully saturated rings. The molecule has 3 heterocycles. The van der Waals surface area contributed by atoms with Gasteiger partial charge in [0.05, 0.1) is 13.2 Å². The predicted octanol–water partition coefficient (Wildman–Crippen LogP) is 1.64. The Morgan fingerprint density at radius 3 is 2.90 bits per heavy atom. The van der Waals surface area contributed by atoms with Crippen LogP contribution in [0.25, 0.3) is 0 Å². The number of hydrogen-bond acceptors (Lipinski definition) is 5. The van der Waals surface area contributed by atoms with E-state index in [9.17, 15) is 0 Å². The number of hydrogen-bond donors (Lipinski definition) is 0. The number of nitriles is 1. The fraction of sp³-hybridized carbons (Fsp3) is 0.625. The van der Waals surface area contributed by atoms with Crippen molar-refractivity contribution < 1.29 is 4.74 Å². The van der Waals surface area contributed by atoms with Gasteiger partial charge in [0.1, 0.15) is 17.6 Å². The molecule has 21 heavy (non-hydrogen) atoms. The molecule has 0 saturated carbocycles. The lowest BCUT2D eigenvalue weighted by atomic mass is 10.0. The second kappa shape index (κ2) is 6.88. The molecule has 0 spiro atoms. The average Bonchev–Trinajstić information content (AvgIpc) is 2.56. The summed E-state index contributed by atoms with van der Waals surface area (Å²) in [5.41, 5.74) is 0.503. The van der Waals surface area contributed by atoms with Crippen LogP contribution in [0.2, 0.25) is 0 Å². The third-order valence-corrected chi connectivity index (χ3v) is 4.34. The number of ether oxygens (including phenoxy) is 1. The number of piperidine rings is 1. The highest BCUT2D eigenvalue weighted by Gasteiger charge is 2.26. The molecule has 2 aliphatic rings. The maximum absolute atomic E-state index is 9.03. The molecule has 1 aromatic heterocycles. The smallest absolute Gasteiger partial charge is 0.142 e. The highest BCUT2D eigenvalue weighted by molar-refractivity contribution is 5.43. The molecule has 5 nitrogen and oxygen atoms in total. The molecular weight excluding hydrogens is 264 g/mol. The highest BCUT2D eigenvalue weighted by Crippen LogP contribution is 2.24. The summed E-state index contributed by atoms with van der Waals surface area (Å²) in [6.45, 7) is 5.84. The Bertz CT molecular complexity index is 507. The second-order valence-electron chi connectivity index (χ2n) is 5.75. The second-order valence-corrected chi connectivity index (χ2v) is 5.75. The molecule has 1 unspecified atom stereocenters. The lowest BCUT2D eigenvalue weighted by Crippen LogP contribution is -2.49. The van der Waals surface area contributed by atoms with Crippen LogP contribution in [0, 0.1) is 11.3 Å². The first-order valence-electron chi connectivity index (χ1n) is 7.81. The summed E-state index contributed by atoms with van der Waals surface area (Å²) in [6, 6.07) is 8.36. The normalized spacial score (nSPS) is 23.8. The number of nitrogens with zero attached hydrogens (tertiary/aromatic N) is 4. The zero-order chi connectivity index (χ0) is 14.5. The molecule has 0 aromatic carbocycles. The molecule has 0 amide bonds. The van der Waals surface area contributed by atoms with Crippen LogP contribution in [0.1, 0.15) is 25.0 Å². The molecule has 0 radical (unpaired) electrons. The maximum Gasteiger partial charge on any atom is 0.142 e. The van der Waals surface area contributed by atoms with Crippen LogP contribution >= 0.6 is 0 Å². The van der Waals surface area contributed by atoms with Crippen LogP contribution in [0.4, 0.5) is 5.82 Å². The summed E-state index contributed by atoms with van der Waals surface area (Å²) in [6.07, 6.45) is 3.69. The summed E-state index contributed by atoms with van der Waals surface area (Å²) in [5, 5.41) is 9.03. The topological polar surface area (TPSA) is 52.4 Å². The number of pyridine rings is 1. The van der Waals surface area contributed by atoms with Gasteiger partial charge in [0.2, 0.25) is 0 Å². The van der Waals surface area contributed by atoms with E-state index in [-0.39, 0.29) is 0 Å². The molecule has 2 aliphatic heterocycles. The monoisotopic (exact) mass is 286 g/mol. The first-order chi connectivity index (χ1) is 10.4. The quantitative estimate of drug-likeness (QED) is 0.845. The first-order valence-corrected chi connectivity index (χ1v) is 7.81. The Labute approximate surface area is 126 Å². The van der Waals surface area contributed by atoms with E-state index in [2.05, 4.69) is 20.9 Å². The van der Waals surface area contributed by atoms with E-state index in [1.165, 1.54) is 19.3 Å². The number of anilines is 1. The van der Waals surface area contributed by atoms with Crippen molar-refractivity contribution in [1.29, 1.82) is 5.26 Å². The third-order valence-electron chi connectivity index (χ3n) is 4.34. The van der Waals surface area contributed by atoms with Crippen LogP contribution in [-0.2, 0) is 4.74 Å². The summed E-state index contributed by atoms with van der Waals surface area (Å²) in [4.78, 5) is 9.36. The summed E-state index contributed by atoms with van der Waals surface area (Å²) in [7, 11) is 0. The number of morpholine rings is 1. The van der Waals surface area contributed by atoms with Crippen molar-refractivity contribution in [3.05, 3.63) is 23.9 Å². The summed E-state index contributed by atoms with van der Waals surface area (Å²) >= 11 is 0. The molecule has 0 N–H and O–H groups in total. The fourth-order valence-electron chi connectivity index (χ4n) is 3.22. The van der Waals surface area contributed by atoms with Gasteiger partial charge in [-0.3, -0.25) is 4.90 Å². The van der Waals surface area contributed by atoms with Gasteiger partial charge in [0.15, 0.2) is 0 Å². The van der Waals surface area contributed by atoms with Crippen LogP contribution in [0.5, 0.6) is 0 Å². The molecule has 1 aromatic rings. The van der Waals surface area contributed by atoms with Crippen LogP contribution < -0.4 is 4.90 Å². The molecule has 5 heteroatoms. The molecule has 112 valence electrons. The Kier molecular flexibility index (Phi) is 4.69. The molecule has 0 bridgehead atoms. The first kappa shape index (κ1) is 14.3. The Balaban J connectivity index is 1.72. The fourth-order valence-corrected chi connectivity index (χ4v) is 3.22. The summed E-state index contributed by atoms with van der Waals surface area (Å²) < 4.78 is 5.43. The van der Waals surface area contributed by atoms with E-state index < -0.39 is 0 Å². The number of rotatable bonds is 3. The minimum Gasteiger partial charge on any atom is -0.379 e. The third kappa shape index (κ3) is 3.52. The summed E-state index contributed by atoms with van der Waals surface area (Å²) in [5.74, 6) is 0.951. The van der Waals surface area contributed by atoms with Gasteiger partial charge >= 0.3 is 0 Å². The van der Waals surface area contributed by atoms with Crippen molar-refractivity contribution in [3.63, 3.8) is 0 Å².